The van der Waals surface area contributed by atoms with Crippen molar-refractivity contribution in [2.75, 3.05) is 20.4 Å². The first-order chi connectivity index (χ1) is 9.97. The Bertz CT molecular complexity index is 583. The van der Waals surface area contributed by atoms with Gasteiger partial charge in [0.15, 0.2) is 17.3 Å². The normalized spacial score (nSPS) is 12.0. The van der Waals surface area contributed by atoms with Crippen LogP contribution in [0.2, 0.25) is 0 Å². The summed E-state index contributed by atoms with van der Waals surface area (Å²) in [5, 5.41) is 8.53. The summed E-state index contributed by atoms with van der Waals surface area (Å²) >= 11 is 0. The molecule has 112 valence electrons. The molecule has 0 atom stereocenters. The lowest BCUT2D eigenvalue weighted by Gasteiger charge is -2.15. The van der Waals surface area contributed by atoms with Crippen molar-refractivity contribution in [3.05, 3.63) is 23.8 Å². The Hall–Kier alpha value is -2.57. The van der Waals surface area contributed by atoms with Crippen molar-refractivity contribution in [2.24, 2.45) is 0 Å². The first-order valence-electron chi connectivity index (χ1n) is 6.36. The number of aliphatic carboxylic acids is 1. The van der Waals surface area contributed by atoms with Gasteiger partial charge in [-0.05, 0) is 18.2 Å². The molecule has 7 nitrogen and oxygen atoms in total. The Morgan fingerprint density at radius 1 is 1.19 bits per heavy atom. The fourth-order valence-corrected chi connectivity index (χ4v) is 1.87. The number of nitrogens with zero attached hydrogens (tertiary/aromatic N) is 1. The molecule has 0 aliphatic carbocycles. The van der Waals surface area contributed by atoms with Gasteiger partial charge < -0.3 is 19.5 Å². The number of carbonyl (C=O) groups excluding carboxylic acids is 2. The van der Waals surface area contributed by atoms with Crippen LogP contribution >= 0.6 is 0 Å². The minimum Gasteiger partial charge on any atom is -0.481 e. The highest BCUT2D eigenvalue weighted by molar-refractivity contribution is 6.00. The van der Waals surface area contributed by atoms with Gasteiger partial charge in [-0.1, -0.05) is 0 Å². The molecule has 0 saturated carbocycles. The van der Waals surface area contributed by atoms with Crippen LogP contribution in [0, 0.1) is 0 Å². The van der Waals surface area contributed by atoms with E-state index in [1.165, 1.54) is 11.9 Å². The summed E-state index contributed by atoms with van der Waals surface area (Å²) in [6, 6.07) is 4.81. The van der Waals surface area contributed by atoms with Crippen molar-refractivity contribution >= 4 is 17.7 Å². The Balaban J connectivity index is 1.94. The molecule has 0 bridgehead atoms. The summed E-state index contributed by atoms with van der Waals surface area (Å²) in [5.41, 5.74) is 0.414. The van der Waals surface area contributed by atoms with Gasteiger partial charge in [-0.15, -0.1) is 0 Å². The third kappa shape index (κ3) is 3.71. The maximum Gasteiger partial charge on any atom is 0.303 e. The molecule has 1 heterocycles. The highest BCUT2D eigenvalue weighted by atomic mass is 16.7. The van der Waals surface area contributed by atoms with E-state index in [4.69, 9.17) is 14.6 Å². The number of likely N-dealkylation sites (N-methyl/N-ethyl adjacent to an activating group) is 1. The van der Waals surface area contributed by atoms with Crippen LogP contribution in [-0.2, 0) is 9.59 Å². The molecule has 7 heteroatoms. The van der Waals surface area contributed by atoms with Gasteiger partial charge in [-0.2, -0.15) is 0 Å². The van der Waals surface area contributed by atoms with Crippen molar-refractivity contribution in [3.63, 3.8) is 0 Å². The summed E-state index contributed by atoms with van der Waals surface area (Å²) in [5.74, 6) is -0.594. The second-order valence-electron chi connectivity index (χ2n) is 4.63. The number of fused-ring (bicyclic) bond motifs is 1. The molecule has 0 aromatic heterocycles. The number of Topliss-reactive ketones (excluding diaryl/α,β-unsaturated/α-hetero) is 1. The molecular formula is C14H15NO6. The number of hydrogen-bond acceptors (Lipinski definition) is 5. The standard InChI is InChI=1S/C14H15NO6/c1-15(13(17)4-5-14(18)19)7-10(16)9-2-3-11-12(6-9)21-8-20-11/h2-3,6H,4-5,7-8H2,1H3,(H,18,19). The van der Waals surface area contributed by atoms with Gasteiger partial charge in [0.2, 0.25) is 12.7 Å². The van der Waals surface area contributed by atoms with E-state index in [0.717, 1.165) is 0 Å². The Morgan fingerprint density at radius 2 is 1.90 bits per heavy atom. The van der Waals surface area contributed by atoms with Gasteiger partial charge in [0.1, 0.15) is 0 Å². The van der Waals surface area contributed by atoms with E-state index in [9.17, 15) is 14.4 Å². The summed E-state index contributed by atoms with van der Waals surface area (Å²) in [7, 11) is 1.47. The highest BCUT2D eigenvalue weighted by Crippen LogP contribution is 2.32. The number of carboxylic acids is 1. The topological polar surface area (TPSA) is 93.1 Å². The number of amides is 1. The summed E-state index contributed by atoms with van der Waals surface area (Å²) in [6.07, 6.45) is -0.373. The molecule has 1 N–H and O–H groups in total. The first-order valence-corrected chi connectivity index (χ1v) is 6.36. The molecule has 21 heavy (non-hydrogen) atoms. The van der Waals surface area contributed by atoms with Gasteiger partial charge in [0.05, 0.1) is 13.0 Å². The predicted octanol–water partition coefficient (Wildman–Crippen LogP) is 0.921. The predicted molar refractivity (Wildman–Crippen MR) is 71.4 cm³/mol. The first kappa shape index (κ1) is 14.8. The quantitative estimate of drug-likeness (QED) is 0.784. The molecule has 0 unspecified atom stereocenters. The Morgan fingerprint density at radius 3 is 2.62 bits per heavy atom. The number of carbonyl (C=O) groups is 3. The minimum atomic E-state index is -1.04. The Kier molecular flexibility index (Phi) is 4.42. The van der Waals surface area contributed by atoms with Crippen LogP contribution in [0.4, 0.5) is 0 Å². The number of ether oxygens (including phenoxy) is 2. The van der Waals surface area contributed by atoms with Crippen LogP contribution in [-0.4, -0.2) is 48.1 Å². The highest BCUT2D eigenvalue weighted by Gasteiger charge is 2.19. The molecule has 0 radical (unpaired) electrons. The van der Waals surface area contributed by atoms with Gasteiger partial charge in [0.25, 0.3) is 0 Å². The SMILES string of the molecule is CN(CC(=O)c1ccc2c(c1)OCO2)C(=O)CCC(=O)O. The molecule has 1 aliphatic rings. The largest absolute Gasteiger partial charge is 0.481 e. The van der Waals surface area contributed by atoms with E-state index in [2.05, 4.69) is 0 Å². The third-order valence-corrected chi connectivity index (χ3v) is 3.05. The van der Waals surface area contributed by atoms with Crippen molar-refractivity contribution in [2.45, 2.75) is 12.8 Å². The van der Waals surface area contributed by atoms with E-state index < -0.39 is 5.97 Å². The zero-order valence-corrected chi connectivity index (χ0v) is 11.5. The molecular weight excluding hydrogens is 278 g/mol. The summed E-state index contributed by atoms with van der Waals surface area (Å²) in [4.78, 5) is 35.4. The summed E-state index contributed by atoms with van der Waals surface area (Å²) in [6.45, 7) is 0.0125. The van der Waals surface area contributed by atoms with Crippen LogP contribution in [0.15, 0.2) is 18.2 Å². The van der Waals surface area contributed by atoms with Crippen molar-refractivity contribution < 1.29 is 29.0 Å². The third-order valence-electron chi connectivity index (χ3n) is 3.05. The lowest BCUT2D eigenvalue weighted by molar-refractivity contribution is -0.140. The molecule has 0 saturated heterocycles. The van der Waals surface area contributed by atoms with E-state index in [1.807, 2.05) is 0 Å². The molecule has 1 aromatic rings. The number of benzene rings is 1. The van der Waals surface area contributed by atoms with Crippen molar-refractivity contribution in [1.29, 1.82) is 0 Å². The molecule has 1 aliphatic heterocycles. The van der Waals surface area contributed by atoms with E-state index in [-0.39, 0.29) is 37.9 Å². The minimum absolute atomic E-state index is 0.113. The fourth-order valence-electron chi connectivity index (χ4n) is 1.87. The van der Waals surface area contributed by atoms with Crippen LogP contribution in [0.3, 0.4) is 0 Å². The van der Waals surface area contributed by atoms with Crippen LogP contribution in [0.25, 0.3) is 0 Å². The van der Waals surface area contributed by atoms with E-state index in [0.29, 0.717) is 17.1 Å². The second kappa shape index (κ2) is 6.25. The van der Waals surface area contributed by atoms with E-state index >= 15 is 0 Å². The number of ketones is 1. The lowest BCUT2D eigenvalue weighted by atomic mass is 10.1. The van der Waals surface area contributed by atoms with Gasteiger partial charge in [-0.25, -0.2) is 0 Å². The number of carboxylic acid groups (broad SMARTS) is 1. The average Bonchev–Trinajstić information content (AvgIpc) is 2.91. The molecule has 1 amide bonds. The fraction of sp³-hybridized carbons (Fsp3) is 0.357. The maximum absolute atomic E-state index is 12.1. The van der Waals surface area contributed by atoms with Crippen LogP contribution < -0.4 is 9.47 Å². The molecule has 1 aromatic carbocycles. The Labute approximate surface area is 121 Å². The molecule has 0 spiro atoms. The van der Waals surface area contributed by atoms with Crippen LogP contribution in [0.5, 0.6) is 11.5 Å². The monoisotopic (exact) mass is 293 g/mol. The van der Waals surface area contributed by atoms with Crippen molar-refractivity contribution in [3.8, 4) is 11.5 Å². The molecule has 2 rings (SSSR count). The van der Waals surface area contributed by atoms with Gasteiger partial charge >= 0.3 is 5.97 Å². The van der Waals surface area contributed by atoms with Crippen LogP contribution in [0.1, 0.15) is 23.2 Å². The van der Waals surface area contributed by atoms with Crippen molar-refractivity contribution in [1.82, 2.24) is 4.90 Å². The van der Waals surface area contributed by atoms with Gasteiger partial charge in [-0.3, -0.25) is 14.4 Å². The number of hydrogen-bond donors (Lipinski definition) is 1. The molecule has 0 fully saturated rings. The zero-order valence-electron chi connectivity index (χ0n) is 11.5. The second-order valence-corrected chi connectivity index (χ2v) is 4.63. The zero-order chi connectivity index (χ0) is 15.4. The average molecular weight is 293 g/mol. The maximum atomic E-state index is 12.1. The summed E-state index contributed by atoms with van der Waals surface area (Å²) < 4.78 is 10.3. The van der Waals surface area contributed by atoms with E-state index in [1.54, 1.807) is 18.2 Å². The smallest absolute Gasteiger partial charge is 0.303 e. The lowest BCUT2D eigenvalue weighted by Crippen LogP contribution is -2.32. The number of rotatable bonds is 6. The van der Waals surface area contributed by atoms with Gasteiger partial charge in [0, 0.05) is 19.0 Å².